The van der Waals surface area contributed by atoms with Gasteiger partial charge in [-0.3, -0.25) is 4.90 Å². The number of hydrogen-bond acceptors (Lipinski definition) is 3. The Balaban J connectivity index is 2.11. The van der Waals surface area contributed by atoms with Gasteiger partial charge in [0.2, 0.25) is 0 Å². The molecule has 1 atom stereocenters. The predicted molar refractivity (Wildman–Crippen MR) is 69.5 cm³/mol. The summed E-state index contributed by atoms with van der Waals surface area (Å²) in [7, 11) is -1.24. The van der Waals surface area contributed by atoms with Crippen molar-refractivity contribution >= 4 is 9.84 Å². The first-order chi connectivity index (χ1) is 8.65. The van der Waals surface area contributed by atoms with Gasteiger partial charge in [0.25, 0.3) is 0 Å². The third-order valence-corrected chi connectivity index (χ3v) is 6.56. The number of nitrogens with zero attached hydrogens (tertiary/aromatic N) is 1. The van der Waals surface area contributed by atoms with Crippen molar-refractivity contribution in [1.82, 2.24) is 4.90 Å². The number of hydrogen-bond donors (Lipinski definition) is 0. The molecule has 1 aliphatic rings. The van der Waals surface area contributed by atoms with Gasteiger partial charge in [0, 0.05) is 12.6 Å². The molecule has 106 valence electrons. The number of benzene rings is 1. The van der Waals surface area contributed by atoms with E-state index in [9.17, 15) is 17.2 Å². The SMILES string of the molecule is CN(Cc1ccc(F)c(F)c1)C1CS(=O)(=O)C1(C)C. The molecule has 6 heteroatoms. The average Bonchev–Trinajstić information content (AvgIpc) is 2.31. The Kier molecular flexibility index (Phi) is 3.43. The van der Waals surface area contributed by atoms with E-state index in [2.05, 4.69) is 0 Å². The van der Waals surface area contributed by atoms with Crippen LogP contribution in [0, 0.1) is 11.6 Å². The van der Waals surface area contributed by atoms with E-state index in [1.54, 1.807) is 20.9 Å². The van der Waals surface area contributed by atoms with Crippen LogP contribution in [0.1, 0.15) is 19.4 Å². The van der Waals surface area contributed by atoms with Gasteiger partial charge >= 0.3 is 0 Å². The van der Waals surface area contributed by atoms with E-state index >= 15 is 0 Å². The molecule has 0 aromatic heterocycles. The molecule has 0 radical (unpaired) electrons. The summed E-state index contributed by atoms with van der Waals surface area (Å²) in [5.74, 6) is -1.65. The van der Waals surface area contributed by atoms with Gasteiger partial charge in [0.05, 0.1) is 10.5 Å². The maximum Gasteiger partial charge on any atom is 0.159 e. The standard InChI is InChI=1S/C13H17F2NO2S/c1-13(2)12(8-19(13,17)18)16(3)7-9-4-5-10(14)11(15)6-9/h4-6,12H,7-8H2,1-3H3. The number of sulfone groups is 1. The Hall–Kier alpha value is -1.01. The minimum absolute atomic E-state index is 0.106. The van der Waals surface area contributed by atoms with Gasteiger partial charge in [-0.2, -0.15) is 0 Å². The molecule has 1 fully saturated rings. The summed E-state index contributed by atoms with van der Waals surface area (Å²) in [6.07, 6.45) is 0. The largest absolute Gasteiger partial charge is 0.297 e. The van der Waals surface area contributed by atoms with Crippen molar-refractivity contribution in [2.24, 2.45) is 0 Å². The van der Waals surface area contributed by atoms with Crippen LogP contribution in [0.15, 0.2) is 18.2 Å². The lowest BCUT2D eigenvalue weighted by molar-refractivity contribution is 0.190. The maximum atomic E-state index is 13.1. The van der Waals surface area contributed by atoms with E-state index in [4.69, 9.17) is 0 Å². The summed E-state index contributed by atoms with van der Waals surface area (Å²) in [6.45, 7) is 3.78. The summed E-state index contributed by atoms with van der Waals surface area (Å²) >= 11 is 0. The first-order valence-electron chi connectivity index (χ1n) is 6.01. The minimum atomic E-state index is -3.04. The van der Waals surface area contributed by atoms with Crippen LogP contribution in [-0.4, -0.2) is 36.9 Å². The summed E-state index contributed by atoms with van der Waals surface area (Å²) in [4.78, 5) is 1.87. The van der Waals surface area contributed by atoms with Crippen LogP contribution in [0.25, 0.3) is 0 Å². The zero-order valence-corrected chi connectivity index (χ0v) is 12.0. The summed E-state index contributed by atoms with van der Waals surface area (Å²) in [6, 6.07) is 3.63. The van der Waals surface area contributed by atoms with Gasteiger partial charge in [-0.15, -0.1) is 0 Å². The Bertz CT molecular complexity index is 599. The Labute approximate surface area is 112 Å². The van der Waals surface area contributed by atoms with Crippen molar-refractivity contribution in [2.45, 2.75) is 31.2 Å². The fraction of sp³-hybridized carbons (Fsp3) is 0.538. The fourth-order valence-corrected chi connectivity index (χ4v) is 4.32. The molecule has 1 aliphatic heterocycles. The topological polar surface area (TPSA) is 37.4 Å². The quantitative estimate of drug-likeness (QED) is 0.854. The van der Waals surface area contributed by atoms with E-state index in [1.165, 1.54) is 6.07 Å². The van der Waals surface area contributed by atoms with Crippen LogP contribution in [-0.2, 0) is 16.4 Å². The zero-order valence-electron chi connectivity index (χ0n) is 11.2. The molecule has 2 rings (SSSR count). The molecule has 3 nitrogen and oxygen atoms in total. The molecule has 0 saturated carbocycles. The second-order valence-corrected chi connectivity index (χ2v) is 8.18. The Morgan fingerprint density at radius 3 is 2.42 bits per heavy atom. The molecule has 1 unspecified atom stereocenters. The van der Waals surface area contributed by atoms with Crippen LogP contribution in [0.4, 0.5) is 8.78 Å². The van der Waals surface area contributed by atoms with Crippen molar-refractivity contribution in [3.63, 3.8) is 0 Å². The van der Waals surface area contributed by atoms with Crippen molar-refractivity contribution in [3.05, 3.63) is 35.4 Å². The Morgan fingerprint density at radius 1 is 1.32 bits per heavy atom. The molecule has 0 aliphatic carbocycles. The molecule has 0 bridgehead atoms. The number of rotatable bonds is 3. The predicted octanol–water partition coefficient (Wildman–Crippen LogP) is 1.97. The first kappa shape index (κ1) is 14.4. The van der Waals surface area contributed by atoms with Crippen LogP contribution >= 0.6 is 0 Å². The van der Waals surface area contributed by atoms with Crippen molar-refractivity contribution in [3.8, 4) is 0 Å². The van der Waals surface area contributed by atoms with Crippen LogP contribution in [0.3, 0.4) is 0 Å². The molecule has 1 aromatic carbocycles. The molecule has 0 spiro atoms. The molecular weight excluding hydrogens is 272 g/mol. The van der Waals surface area contributed by atoms with Crippen LogP contribution < -0.4 is 0 Å². The first-order valence-corrected chi connectivity index (χ1v) is 7.67. The highest BCUT2D eigenvalue weighted by Gasteiger charge is 2.54. The average molecular weight is 289 g/mol. The highest BCUT2D eigenvalue weighted by molar-refractivity contribution is 7.94. The molecule has 1 aromatic rings. The van der Waals surface area contributed by atoms with E-state index in [0.29, 0.717) is 12.1 Å². The number of halogens is 2. The van der Waals surface area contributed by atoms with Gasteiger partial charge in [0.1, 0.15) is 0 Å². The molecule has 0 N–H and O–H groups in total. The van der Waals surface area contributed by atoms with Crippen molar-refractivity contribution < 1.29 is 17.2 Å². The summed E-state index contributed by atoms with van der Waals surface area (Å²) < 4.78 is 48.5. The highest BCUT2D eigenvalue weighted by atomic mass is 32.2. The maximum absolute atomic E-state index is 13.1. The normalized spacial score (nSPS) is 24.2. The molecule has 1 saturated heterocycles. The lowest BCUT2D eigenvalue weighted by Gasteiger charge is -2.48. The van der Waals surface area contributed by atoms with Gasteiger partial charge in [-0.05, 0) is 38.6 Å². The van der Waals surface area contributed by atoms with Crippen molar-refractivity contribution in [1.29, 1.82) is 0 Å². The lowest BCUT2D eigenvalue weighted by Crippen LogP contribution is -2.65. The van der Waals surface area contributed by atoms with Gasteiger partial charge in [0.15, 0.2) is 21.5 Å². The smallest absolute Gasteiger partial charge is 0.159 e. The Morgan fingerprint density at radius 2 is 1.95 bits per heavy atom. The minimum Gasteiger partial charge on any atom is -0.297 e. The third kappa shape index (κ3) is 2.39. The molecule has 19 heavy (non-hydrogen) atoms. The monoisotopic (exact) mass is 289 g/mol. The van der Waals surface area contributed by atoms with Gasteiger partial charge in [-0.1, -0.05) is 6.07 Å². The molecular formula is C13H17F2NO2S. The van der Waals surface area contributed by atoms with E-state index < -0.39 is 26.2 Å². The van der Waals surface area contributed by atoms with Crippen LogP contribution in [0.2, 0.25) is 0 Å². The molecule has 0 amide bonds. The van der Waals surface area contributed by atoms with E-state index in [-0.39, 0.29) is 11.8 Å². The van der Waals surface area contributed by atoms with Crippen molar-refractivity contribution in [2.75, 3.05) is 12.8 Å². The van der Waals surface area contributed by atoms with Gasteiger partial charge in [-0.25, -0.2) is 17.2 Å². The van der Waals surface area contributed by atoms with Gasteiger partial charge < -0.3 is 0 Å². The zero-order chi connectivity index (χ0) is 14.4. The summed E-state index contributed by atoms with van der Waals surface area (Å²) in [5, 5.41) is 0. The van der Waals surface area contributed by atoms with E-state index in [0.717, 1.165) is 12.1 Å². The molecule has 1 heterocycles. The third-order valence-electron chi connectivity index (χ3n) is 3.93. The van der Waals surface area contributed by atoms with E-state index in [1.807, 2.05) is 4.90 Å². The van der Waals surface area contributed by atoms with Crippen LogP contribution in [0.5, 0.6) is 0 Å². The summed E-state index contributed by atoms with van der Waals surface area (Å²) in [5.41, 5.74) is 0.626. The fourth-order valence-electron chi connectivity index (χ4n) is 2.43. The highest BCUT2D eigenvalue weighted by Crippen LogP contribution is 2.37. The lowest BCUT2D eigenvalue weighted by atomic mass is 10.0. The second kappa shape index (κ2) is 4.52. The second-order valence-electron chi connectivity index (χ2n) is 5.56.